The highest BCUT2D eigenvalue weighted by molar-refractivity contribution is 6.73. The predicted molar refractivity (Wildman–Crippen MR) is 278 cm³/mol. The molecule has 0 amide bonds. The molecule has 3 heterocycles. The molecule has 2 aliphatic rings. The van der Waals surface area contributed by atoms with Gasteiger partial charge in [0.25, 0.3) is 0 Å². The molecule has 3 nitrogen and oxygen atoms in total. The zero-order valence-corrected chi connectivity index (χ0v) is 38.7. The molecule has 1 aliphatic heterocycles. The van der Waals surface area contributed by atoms with Crippen LogP contribution >= 0.6 is 0 Å². The van der Waals surface area contributed by atoms with Gasteiger partial charge in [-0.3, -0.25) is 0 Å². The van der Waals surface area contributed by atoms with E-state index in [1.807, 2.05) is 0 Å². The number of furan rings is 1. The number of aromatic nitrogens is 1. The molecule has 4 heteroatoms. The molecule has 2 aromatic heterocycles. The fourth-order valence-corrected chi connectivity index (χ4v) is 11.0. The van der Waals surface area contributed by atoms with Crippen LogP contribution < -0.4 is 16.2 Å². The number of rotatable bonds is 5. The Morgan fingerprint density at radius 3 is 1.94 bits per heavy atom. The second kappa shape index (κ2) is 14.0. The van der Waals surface area contributed by atoms with Crippen LogP contribution in [0.3, 0.4) is 0 Å². The van der Waals surface area contributed by atoms with Crippen molar-refractivity contribution in [2.75, 3.05) is 5.32 Å². The van der Waals surface area contributed by atoms with Gasteiger partial charge in [0.15, 0.2) is 7.28 Å². The highest BCUT2D eigenvalue weighted by Crippen LogP contribution is 2.52. The van der Waals surface area contributed by atoms with Gasteiger partial charge in [-0.1, -0.05) is 176 Å². The summed E-state index contributed by atoms with van der Waals surface area (Å²) in [6.07, 6.45) is 0. The van der Waals surface area contributed by atoms with Crippen LogP contribution in [0, 0.1) is 0 Å². The molecule has 0 saturated heterocycles. The summed E-state index contributed by atoms with van der Waals surface area (Å²) in [6, 6.07) is 60.9. The Bertz CT molecular complexity index is 3560. The molecule has 10 aromatic rings. The Kier molecular flexibility index (Phi) is 8.51. The van der Waals surface area contributed by atoms with Crippen LogP contribution in [0.25, 0.3) is 83.2 Å². The lowest BCUT2D eigenvalue weighted by Crippen LogP contribution is -2.37. The SMILES string of the molecule is CC(C)(C)c1ccc(Nc2ccc(C(C)(C)C)cc2-c2ccc3c4cc5c(cc4n4c3c2Bc2cc3oc(-c6ccccc6)c(-c6ccccc6)c3cc2-4)C(C)(C)c2ccccc2-5)cc1. The van der Waals surface area contributed by atoms with E-state index in [2.05, 4.69) is 229 Å². The van der Waals surface area contributed by atoms with Crippen LogP contribution in [-0.2, 0) is 16.2 Å². The Balaban J connectivity index is 1.15. The molecule has 65 heavy (non-hydrogen) atoms. The summed E-state index contributed by atoms with van der Waals surface area (Å²) in [7, 11) is 0.768. The molecule has 0 atom stereocenters. The van der Waals surface area contributed by atoms with Crippen molar-refractivity contribution in [1.29, 1.82) is 0 Å². The summed E-state index contributed by atoms with van der Waals surface area (Å²) in [5.74, 6) is 0.900. The molecule has 0 fully saturated rings. The molecule has 1 N–H and O–H groups in total. The smallest absolute Gasteiger partial charge is 0.198 e. The van der Waals surface area contributed by atoms with Gasteiger partial charge in [-0.15, -0.1) is 0 Å². The lowest BCUT2D eigenvalue weighted by molar-refractivity contribution is 0.590. The minimum absolute atomic E-state index is 0.0358. The van der Waals surface area contributed by atoms with Crippen molar-refractivity contribution < 1.29 is 4.42 Å². The summed E-state index contributed by atoms with van der Waals surface area (Å²) in [5.41, 5.74) is 23.2. The molecule has 0 radical (unpaired) electrons. The van der Waals surface area contributed by atoms with Gasteiger partial charge in [0.2, 0.25) is 0 Å². The second-order valence-corrected chi connectivity index (χ2v) is 21.1. The van der Waals surface area contributed by atoms with Crippen molar-refractivity contribution in [2.24, 2.45) is 0 Å². The number of anilines is 2. The van der Waals surface area contributed by atoms with E-state index in [4.69, 9.17) is 4.42 Å². The zero-order chi connectivity index (χ0) is 44.6. The van der Waals surface area contributed by atoms with Gasteiger partial charge < -0.3 is 14.3 Å². The van der Waals surface area contributed by atoms with Crippen molar-refractivity contribution >= 4 is 62.4 Å². The minimum atomic E-state index is -0.138. The minimum Gasteiger partial charge on any atom is -0.455 e. The van der Waals surface area contributed by atoms with Crippen molar-refractivity contribution in [3.63, 3.8) is 0 Å². The standard InChI is InChI=1S/C61H53BN2O/c1-59(2,3)38-23-26-40(27-24-38)63-51-30-25-39(60(4,5)6)31-45(51)42-28-29-43-46-32-44-41-21-15-16-22-48(41)61(7,8)49(44)34-52(46)64-53-33-47-54(35-50(53)62-56(42)57(43)64)65-58(37-19-13-10-14-20-37)55(47)36-17-11-9-12-18-36/h9-35,62-63H,1-8H3. The van der Waals surface area contributed by atoms with Crippen molar-refractivity contribution in [3.05, 3.63) is 186 Å². The monoisotopic (exact) mass is 840 g/mol. The van der Waals surface area contributed by atoms with E-state index in [1.165, 1.54) is 82.9 Å². The number of nitrogens with zero attached hydrogens (tertiary/aromatic N) is 1. The maximum atomic E-state index is 7.02. The molecular weight excluding hydrogens is 787 g/mol. The van der Waals surface area contributed by atoms with Gasteiger partial charge in [0, 0.05) is 60.8 Å². The first kappa shape index (κ1) is 39.5. The number of fused-ring (bicyclic) bond motifs is 9. The molecule has 1 aliphatic carbocycles. The summed E-state index contributed by atoms with van der Waals surface area (Å²) in [4.78, 5) is 0. The fourth-order valence-electron chi connectivity index (χ4n) is 11.0. The van der Waals surface area contributed by atoms with Crippen LogP contribution in [0.1, 0.15) is 77.6 Å². The summed E-state index contributed by atoms with van der Waals surface area (Å²) in [6.45, 7) is 18.5. The first-order valence-corrected chi connectivity index (χ1v) is 23.2. The normalized spacial score (nSPS) is 13.8. The third kappa shape index (κ3) is 6.10. The van der Waals surface area contributed by atoms with E-state index in [9.17, 15) is 0 Å². The molecule has 0 spiro atoms. The Morgan fingerprint density at radius 2 is 1.22 bits per heavy atom. The molecule has 0 unspecified atom stereocenters. The number of hydrogen-bond donors (Lipinski definition) is 1. The topological polar surface area (TPSA) is 30.1 Å². The summed E-state index contributed by atoms with van der Waals surface area (Å²) >= 11 is 0. The molecule has 12 rings (SSSR count). The number of nitrogens with one attached hydrogen (secondary N) is 1. The predicted octanol–water partition coefficient (Wildman–Crippen LogP) is 14.9. The van der Waals surface area contributed by atoms with Crippen LogP contribution in [0.4, 0.5) is 11.4 Å². The molecule has 316 valence electrons. The van der Waals surface area contributed by atoms with Crippen molar-refractivity contribution in [1.82, 2.24) is 4.57 Å². The average molecular weight is 841 g/mol. The second-order valence-electron chi connectivity index (χ2n) is 21.1. The lowest BCUT2D eigenvalue weighted by atomic mass is 9.59. The van der Waals surface area contributed by atoms with Crippen LogP contribution in [0.2, 0.25) is 0 Å². The maximum Gasteiger partial charge on any atom is 0.198 e. The Hall–Kier alpha value is -7.04. The van der Waals surface area contributed by atoms with Crippen molar-refractivity contribution in [2.45, 2.75) is 71.6 Å². The Labute approximate surface area is 383 Å². The van der Waals surface area contributed by atoms with E-state index < -0.39 is 0 Å². The molecular formula is C61H53BN2O. The molecule has 0 saturated carbocycles. The fraction of sp³-hybridized carbons (Fsp3) is 0.180. The van der Waals surface area contributed by atoms with E-state index >= 15 is 0 Å². The molecule has 0 bridgehead atoms. The number of benzene rings is 8. The van der Waals surface area contributed by atoms with E-state index in [-0.39, 0.29) is 16.2 Å². The van der Waals surface area contributed by atoms with Gasteiger partial charge in [0.05, 0.1) is 5.52 Å². The van der Waals surface area contributed by atoms with Gasteiger partial charge >= 0.3 is 0 Å². The van der Waals surface area contributed by atoms with Gasteiger partial charge in [-0.05, 0) is 109 Å². The third-order valence-electron chi connectivity index (χ3n) is 14.5. The maximum absolute atomic E-state index is 7.02. The highest BCUT2D eigenvalue weighted by Gasteiger charge is 2.37. The summed E-state index contributed by atoms with van der Waals surface area (Å²) < 4.78 is 9.63. The average Bonchev–Trinajstić information content (AvgIpc) is 3.91. The first-order chi connectivity index (χ1) is 31.2. The van der Waals surface area contributed by atoms with Gasteiger partial charge in [-0.25, -0.2) is 0 Å². The quantitative estimate of drug-likeness (QED) is 0.175. The van der Waals surface area contributed by atoms with Gasteiger partial charge in [0.1, 0.15) is 11.3 Å². The summed E-state index contributed by atoms with van der Waals surface area (Å²) in [5, 5.41) is 7.59. The molecule has 8 aromatic carbocycles. The van der Waals surface area contributed by atoms with E-state index in [1.54, 1.807) is 0 Å². The largest absolute Gasteiger partial charge is 0.455 e. The van der Waals surface area contributed by atoms with Crippen LogP contribution in [0.5, 0.6) is 0 Å². The zero-order valence-electron chi connectivity index (χ0n) is 38.7. The lowest BCUT2D eigenvalue weighted by Gasteiger charge is -2.26. The first-order valence-electron chi connectivity index (χ1n) is 23.2. The van der Waals surface area contributed by atoms with Crippen molar-refractivity contribution in [3.8, 4) is 50.4 Å². The van der Waals surface area contributed by atoms with E-state index in [0.29, 0.717) is 0 Å². The van der Waals surface area contributed by atoms with Crippen LogP contribution in [-0.4, -0.2) is 11.8 Å². The Morgan fingerprint density at radius 1 is 0.538 bits per heavy atom. The van der Waals surface area contributed by atoms with Gasteiger partial charge in [-0.2, -0.15) is 0 Å². The van der Waals surface area contributed by atoms with Crippen LogP contribution in [0.15, 0.2) is 168 Å². The number of hydrogen-bond acceptors (Lipinski definition) is 2. The highest BCUT2D eigenvalue weighted by atomic mass is 16.3. The third-order valence-corrected chi connectivity index (χ3v) is 14.5. The van der Waals surface area contributed by atoms with E-state index in [0.717, 1.165) is 52.1 Å².